The van der Waals surface area contributed by atoms with Gasteiger partial charge in [0.05, 0.1) is 18.0 Å². The van der Waals surface area contributed by atoms with Crippen molar-refractivity contribution < 1.29 is 22.0 Å². The molecule has 0 bridgehead atoms. The van der Waals surface area contributed by atoms with E-state index in [9.17, 15) is 31.6 Å². The zero-order valence-electron chi connectivity index (χ0n) is 17.9. The molecule has 0 aliphatic rings. The van der Waals surface area contributed by atoms with Gasteiger partial charge in [0.15, 0.2) is 0 Å². The summed E-state index contributed by atoms with van der Waals surface area (Å²) in [4.78, 5) is 40.0. The fourth-order valence-electron chi connectivity index (χ4n) is 3.20. The molecule has 0 saturated carbocycles. The second kappa shape index (κ2) is 9.87. The number of H-pyrrole nitrogens is 1. The van der Waals surface area contributed by atoms with Crippen LogP contribution in [0.2, 0.25) is 0 Å². The van der Waals surface area contributed by atoms with Gasteiger partial charge in [-0.25, -0.2) is 13.2 Å². The minimum atomic E-state index is -4.75. The average Bonchev–Trinajstić information content (AvgIpc) is 2.77. The van der Waals surface area contributed by atoms with Crippen LogP contribution in [0.4, 0.5) is 26.0 Å². The van der Waals surface area contributed by atoms with Crippen molar-refractivity contribution in [1.82, 2.24) is 9.55 Å². The molecule has 180 valence electrons. The van der Waals surface area contributed by atoms with Crippen molar-refractivity contribution in [1.29, 1.82) is 0 Å². The van der Waals surface area contributed by atoms with E-state index in [-0.39, 0.29) is 30.3 Å². The Bertz CT molecular complexity index is 1400. The molecular formula is C21H21F2N5O5S. The number of anilines is 3. The number of nitrogen functional groups attached to an aromatic ring is 1. The number of rotatable bonds is 8. The number of amides is 1. The number of likely N-dealkylation sites (N-methyl/N-ethyl adjacent to an activating group) is 1. The number of aromatic amines is 1. The summed E-state index contributed by atoms with van der Waals surface area (Å²) in [5, 5.41) is 2.47. The van der Waals surface area contributed by atoms with Crippen LogP contribution in [0.25, 0.3) is 0 Å². The van der Waals surface area contributed by atoms with Gasteiger partial charge in [0, 0.05) is 12.7 Å². The summed E-state index contributed by atoms with van der Waals surface area (Å²) >= 11 is 0. The van der Waals surface area contributed by atoms with Crippen molar-refractivity contribution in [3.8, 4) is 0 Å². The molecule has 34 heavy (non-hydrogen) atoms. The standard InChI is InChI=1S/C21H21F2N5O5S/c1-27(12-16(29)25-14-7-9-15(10-8-14)34(32,33)20(22)23)17-18(24)28(21(31)26-19(17)30)11-13-5-3-2-4-6-13/h2-10,20H,11-12,24H2,1H3,(H,25,29)(H,26,30,31). The smallest absolute Gasteiger partial charge is 0.341 e. The van der Waals surface area contributed by atoms with Gasteiger partial charge in [-0.1, -0.05) is 30.3 Å². The zero-order valence-corrected chi connectivity index (χ0v) is 18.7. The summed E-state index contributed by atoms with van der Waals surface area (Å²) in [7, 11) is -3.32. The van der Waals surface area contributed by atoms with E-state index < -0.39 is 37.6 Å². The number of benzene rings is 2. The molecular weight excluding hydrogens is 472 g/mol. The fraction of sp³-hybridized carbons (Fsp3) is 0.190. The number of carbonyl (C=O) groups is 1. The zero-order chi connectivity index (χ0) is 25.0. The maximum Gasteiger partial charge on any atom is 0.341 e. The molecule has 0 aliphatic carbocycles. The second-order valence-corrected chi connectivity index (χ2v) is 9.22. The van der Waals surface area contributed by atoms with Crippen LogP contribution in [0.15, 0.2) is 69.1 Å². The van der Waals surface area contributed by atoms with Crippen LogP contribution in [0, 0.1) is 0 Å². The number of nitrogens with two attached hydrogens (primary N) is 1. The van der Waals surface area contributed by atoms with E-state index in [1.165, 1.54) is 16.5 Å². The first-order valence-electron chi connectivity index (χ1n) is 9.80. The van der Waals surface area contributed by atoms with E-state index >= 15 is 0 Å². The van der Waals surface area contributed by atoms with E-state index in [2.05, 4.69) is 10.3 Å². The fourth-order valence-corrected chi connectivity index (χ4v) is 3.92. The normalized spacial score (nSPS) is 11.4. The van der Waals surface area contributed by atoms with Gasteiger partial charge in [-0.15, -0.1) is 0 Å². The molecule has 3 rings (SSSR count). The van der Waals surface area contributed by atoms with Crippen LogP contribution < -0.4 is 27.2 Å². The van der Waals surface area contributed by atoms with Crippen molar-refractivity contribution in [2.24, 2.45) is 0 Å². The van der Waals surface area contributed by atoms with E-state index in [0.717, 1.165) is 29.8 Å². The van der Waals surface area contributed by atoms with Crippen molar-refractivity contribution in [3.05, 3.63) is 81.0 Å². The van der Waals surface area contributed by atoms with Crippen LogP contribution in [-0.2, 0) is 21.2 Å². The summed E-state index contributed by atoms with van der Waals surface area (Å²) < 4.78 is 49.4. The predicted molar refractivity (Wildman–Crippen MR) is 123 cm³/mol. The van der Waals surface area contributed by atoms with Crippen LogP contribution in [0.1, 0.15) is 5.56 Å². The summed E-state index contributed by atoms with van der Waals surface area (Å²) in [6.45, 7) is -0.253. The van der Waals surface area contributed by atoms with Crippen molar-refractivity contribution in [2.45, 2.75) is 17.2 Å². The molecule has 0 fully saturated rings. The van der Waals surface area contributed by atoms with Gasteiger partial charge in [-0.3, -0.25) is 19.1 Å². The lowest BCUT2D eigenvalue weighted by Crippen LogP contribution is -2.39. The Labute approximate surface area is 192 Å². The number of nitrogens with one attached hydrogen (secondary N) is 2. The van der Waals surface area contributed by atoms with E-state index in [0.29, 0.717) is 0 Å². The topological polar surface area (TPSA) is 147 Å². The quantitative estimate of drug-likeness (QED) is 0.428. The maximum atomic E-state index is 12.6. The van der Waals surface area contributed by atoms with Crippen molar-refractivity contribution >= 4 is 32.9 Å². The molecule has 4 N–H and O–H groups in total. The minimum Gasteiger partial charge on any atom is -0.383 e. The predicted octanol–water partition coefficient (Wildman–Crippen LogP) is 1.24. The summed E-state index contributed by atoms with van der Waals surface area (Å²) in [5.74, 6) is -4.30. The molecule has 0 saturated heterocycles. The van der Waals surface area contributed by atoms with Gasteiger partial charge >= 0.3 is 11.4 Å². The lowest BCUT2D eigenvalue weighted by Gasteiger charge is -2.21. The van der Waals surface area contributed by atoms with Crippen LogP contribution in [0.3, 0.4) is 0 Å². The molecule has 0 radical (unpaired) electrons. The Morgan fingerprint density at radius 2 is 1.74 bits per heavy atom. The lowest BCUT2D eigenvalue weighted by atomic mass is 10.2. The Kier molecular flexibility index (Phi) is 7.15. The van der Waals surface area contributed by atoms with E-state index in [1.54, 1.807) is 24.3 Å². The summed E-state index contributed by atoms with van der Waals surface area (Å²) in [5.41, 5.74) is 5.45. The first kappa shape index (κ1) is 24.6. The SMILES string of the molecule is CN(CC(=O)Nc1ccc(S(=O)(=O)C(F)F)cc1)c1c(N)n(Cc2ccccc2)c(=O)[nH]c1=O. The largest absolute Gasteiger partial charge is 0.383 e. The number of aromatic nitrogens is 2. The Morgan fingerprint density at radius 3 is 2.32 bits per heavy atom. The minimum absolute atomic E-state index is 0.0935. The Hall–Kier alpha value is -4.00. The number of carbonyl (C=O) groups excluding carboxylic acids is 1. The lowest BCUT2D eigenvalue weighted by molar-refractivity contribution is -0.114. The highest BCUT2D eigenvalue weighted by molar-refractivity contribution is 7.91. The number of hydrogen-bond donors (Lipinski definition) is 3. The van der Waals surface area contributed by atoms with Gasteiger partial charge < -0.3 is 16.0 Å². The highest BCUT2D eigenvalue weighted by atomic mass is 32.2. The first-order valence-corrected chi connectivity index (χ1v) is 11.3. The third-order valence-electron chi connectivity index (χ3n) is 4.86. The highest BCUT2D eigenvalue weighted by Crippen LogP contribution is 2.21. The molecule has 13 heteroatoms. The average molecular weight is 493 g/mol. The number of sulfone groups is 1. The molecule has 0 aliphatic heterocycles. The molecule has 2 aromatic carbocycles. The molecule has 0 unspecified atom stereocenters. The Morgan fingerprint density at radius 1 is 1.12 bits per heavy atom. The van der Waals surface area contributed by atoms with Crippen LogP contribution in [0.5, 0.6) is 0 Å². The number of nitrogens with zero attached hydrogens (tertiary/aromatic N) is 2. The molecule has 10 nitrogen and oxygen atoms in total. The molecule has 1 aromatic heterocycles. The van der Waals surface area contributed by atoms with Crippen molar-refractivity contribution in [3.63, 3.8) is 0 Å². The van der Waals surface area contributed by atoms with Gasteiger partial charge in [-0.05, 0) is 29.8 Å². The number of halogens is 2. The van der Waals surface area contributed by atoms with Gasteiger partial charge in [0.1, 0.15) is 11.5 Å². The summed E-state index contributed by atoms with van der Waals surface area (Å²) in [6, 6.07) is 13.2. The van der Waals surface area contributed by atoms with Crippen LogP contribution >= 0.6 is 0 Å². The third-order valence-corrected chi connectivity index (χ3v) is 6.26. The number of alkyl halides is 2. The van der Waals surface area contributed by atoms with Crippen LogP contribution in [-0.4, -0.2) is 43.2 Å². The van der Waals surface area contributed by atoms with E-state index in [4.69, 9.17) is 5.73 Å². The monoisotopic (exact) mass is 493 g/mol. The molecule has 3 aromatic rings. The van der Waals surface area contributed by atoms with Gasteiger partial charge in [0.2, 0.25) is 15.7 Å². The second-order valence-electron chi connectivity index (χ2n) is 7.30. The first-order chi connectivity index (χ1) is 16.0. The van der Waals surface area contributed by atoms with Gasteiger partial charge in [-0.2, -0.15) is 8.78 Å². The maximum absolute atomic E-state index is 12.6. The molecule has 1 heterocycles. The van der Waals surface area contributed by atoms with Crippen molar-refractivity contribution in [2.75, 3.05) is 29.5 Å². The van der Waals surface area contributed by atoms with Gasteiger partial charge in [0.25, 0.3) is 5.56 Å². The molecule has 0 atom stereocenters. The third kappa shape index (κ3) is 5.31. The Balaban J connectivity index is 1.77. The summed E-state index contributed by atoms with van der Waals surface area (Å²) in [6.07, 6.45) is 0. The van der Waals surface area contributed by atoms with E-state index in [1.807, 2.05) is 6.07 Å². The molecule has 0 spiro atoms. The number of hydrogen-bond acceptors (Lipinski definition) is 7. The molecule has 1 amide bonds. The highest BCUT2D eigenvalue weighted by Gasteiger charge is 2.26.